The van der Waals surface area contributed by atoms with Crippen molar-refractivity contribution < 1.29 is 23.7 Å². The molecule has 6 nitrogen and oxygen atoms in total. The molecule has 1 aliphatic carbocycles. The molecular weight excluding hydrogens is 378 g/mol. The second kappa shape index (κ2) is 9.67. The topological polar surface area (TPSA) is 57.2 Å². The summed E-state index contributed by atoms with van der Waals surface area (Å²) in [5.41, 5.74) is 2.18. The summed E-state index contributed by atoms with van der Waals surface area (Å²) >= 11 is 1.55. The van der Waals surface area contributed by atoms with E-state index in [0.717, 1.165) is 30.5 Å². The number of hydrogen-bond donors (Lipinski definition) is 0. The number of allylic oxidation sites excluding steroid dienone is 1. The average Bonchev–Trinajstić information content (AvgIpc) is 3.17. The van der Waals surface area contributed by atoms with Crippen molar-refractivity contribution >= 4 is 17.7 Å². The molecule has 1 aliphatic heterocycles. The summed E-state index contributed by atoms with van der Waals surface area (Å²) in [7, 11) is 3.26. The fraction of sp³-hybridized carbons (Fsp3) is 0.571. The minimum atomic E-state index is -0.471. The predicted octanol–water partition coefficient (Wildman–Crippen LogP) is 3.25. The molecule has 0 aromatic heterocycles. The molecule has 2 aliphatic rings. The van der Waals surface area contributed by atoms with Crippen molar-refractivity contribution in [3.8, 4) is 11.5 Å². The summed E-state index contributed by atoms with van der Waals surface area (Å²) in [5, 5.41) is 0. The van der Waals surface area contributed by atoms with Crippen LogP contribution >= 0.6 is 11.8 Å². The maximum Gasteiger partial charge on any atom is 0.236 e. The van der Waals surface area contributed by atoms with Crippen LogP contribution in [-0.2, 0) is 20.7 Å². The second-order valence-electron chi connectivity index (χ2n) is 6.92. The van der Waals surface area contributed by atoms with E-state index in [2.05, 4.69) is 6.08 Å². The molecule has 0 radical (unpaired) electrons. The van der Waals surface area contributed by atoms with Gasteiger partial charge >= 0.3 is 0 Å². The van der Waals surface area contributed by atoms with Gasteiger partial charge < -0.3 is 23.8 Å². The van der Waals surface area contributed by atoms with E-state index < -0.39 is 5.79 Å². The maximum atomic E-state index is 12.8. The van der Waals surface area contributed by atoms with E-state index in [-0.39, 0.29) is 5.91 Å². The fourth-order valence-corrected chi connectivity index (χ4v) is 4.11. The Morgan fingerprint density at radius 1 is 1.21 bits per heavy atom. The van der Waals surface area contributed by atoms with Crippen molar-refractivity contribution in [2.75, 3.05) is 46.0 Å². The third-order valence-electron chi connectivity index (χ3n) is 5.21. The normalized spacial score (nSPS) is 18.0. The van der Waals surface area contributed by atoms with Gasteiger partial charge in [0.25, 0.3) is 0 Å². The third kappa shape index (κ3) is 4.82. The number of hydrogen-bond acceptors (Lipinski definition) is 6. The number of nitrogens with zero attached hydrogens (tertiary/aromatic N) is 1. The number of thioether (sulfide) groups is 1. The number of methoxy groups -OCH3 is 2. The number of carbonyl (C=O) groups is 1. The number of benzene rings is 1. The number of amides is 1. The molecule has 0 atom stereocenters. The van der Waals surface area contributed by atoms with Gasteiger partial charge in [-0.25, -0.2) is 0 Å². The minimum Gasteiger partial charge on any atom is -0.493 e. The number of carbonyl (C=O) groups excluding carboxylic acids is 1. The highest BCUT2D eigenvalue weighted by Crippen LogP contribution is 2.36. The molecule has 1 aromatic carbocycles. The Balaban J connectivity index is 1.70. The van der Waals surface area contributed by atoms with Gasteiger partial charge in [-0.05, 0) is 36.8 Å². The highest BCUT2D eigenvalue weighted by atomic mass is 32.2. The van der Waals surface area contributed by atoms with Crippen LogP contribution in [0.25, 0.3) is 0 Å². The lowest BCUT2D eigenvalue weighted by molar-refractivity contribution is -0.163. The quantitative estimate of drug-likeness (QED) is 0.659. The zero-order valence-corrected chi connectivity index (χ0v) is 17.7. The van der Waals surface area contributed by atoms with Crippen molar-refractivity contribution in [2.24, 2.45) is 0 Å². The monoisotopic (exact) mass is 407 g/mol. The highest BCUT2D eigenvalue weighted by Gasteiger charge is 2.38. The molecule has 154 valence electrons. The van der Waals surface area contributed by atoms with Gasteiger partial charge in [0, 0.05) is 25.1 Å². The van der Waals surface area contributed by atoms with Gasteiger partial charge in [-0.3, -0.25) is 4.79 Å². The highest BCUT2D eigenvalue weighted by molar-refractivity contribution is 7.99. The van der Waals surface area contributed by atoms with Gasteiger partial charge in [-0.2, -0.15) is 11.8 Å². The Bertz CT molecular complexity index is 715. The standard InChI is InChI=1S/C21H29NO5S/c1-24-18-5-4-16(14-19(18)25-2)8-11-22(20(23)15-28-3)17-6-9-21(10-7-17)26-12-13-27-21/h4-6,14H,7-13,15H2,1-3H3. The lowest BCUT2D eigenvalue weighted by Gasteiger charge is -2.34. The van der Waals surface area contributed by atoms with Crippen molar-refractivity contribution in [1.29, 1.82) is 0 Å². The van der Waals surface area contributed by atoms with E-state index in [9.17, 15) is 4.79 Å². The molecule has 1 aromatic rings. The molecule has 28 heavy (non-hydrogen) atoms. The molecule has 1 saturated heterocycles. The molecular formula is C21H29NO5S. The van der Waals surface area contributed by atoms with Crippen LogP contribution in [0, 0.1) is 0 Å². The second-order valence-corrected chi connectivity index (χ2v) is 7.79. The summed E-state index contributed by atoms with van der Waals surface area (Å²) < 4.78 is 22.3. The molecule has 0 N–H and O–H groups in total. The average molecular weight is 408 g/mol. The summed E-state index contributed by atoms with van der Waals surface area (Å²) in [6, 6.07) is 5.89. The van der Waals surface area contributed by atoms with E-state index in [1.54, 1.807) is 26.0 Å². The van der Waals surface area contributed by atoms with Gasteiger partial charge in [0.05, 0.1) is 33.2 Å². The van der Waals surface area contributed by atoms with Gasteiger partial charge in [-0.15, -0.1) is 0 Å². The van der Waals surface area contributed by atoms with E-state index in [1.807, 2.05) is 29.4 Å². The van der Waals surface area contributed by atoms with E-state index in [0.29, 0.717) is 43.4 Å². The molecule has 1 amide bonds. The first-order chi connectivity index (χ1) is 13.6. The Labute approximate surface area is 171 Å². The van der Waals surface area contributed by atoms with Gasteiger partial charge in [0.15, 0.2) is 17.3 Å². The van der Waals surface area contributed by atoms with Crippen LogP contribution in [-0.4, -0.2) is 62.6 Å². The van der Waals surface area contributed by atoms with Crippen LogP contribution in [0.5, 0.6) is 11.5 Å². The van der Waals surface area contributed by atoms with E-state index in [4.69, 9.17) is 18.9 Å². The SMILES string of the molecule is COc1ccc(CCN(C(=O)CSC)C2=CCC3(CC2)OCCO3)cc1OC. The maximum absolute atomic E-state index is 12.8. The van der Waals surface area contributed by atoms with Crippen molar-refractivity contribution in [3.63, 3.8) is 0 Å². The zero-order chi connectivity index (χ0) is 20.0. The van der Waals surface area contributed by atoms with Gasteiger partial charge in [0.2, 0.25) is 5.91 Å². The van der Waals surface area contributed by atoms with Crippen LogP contribution in [0.2, 0.25) is 0 Å². The van der Waals surface area contributed by atoms with Crippen molar-refractivity contribution in [2.45, 2.75) is 31.5 Å². The van der Waals surface area contributed by atoms with Crippen LogP contribution in [0.1, 0.15) is 24.8 Å². The van der Waals surface area contributed by atoms with Crippen molar-refractivity contribution in [1.82, 2.24) is 4.90 Å². The largest absolute Gasteiger partial charge is 0.493 e. The molecule has 0 unspecified atom stereocenters. The Hall–Kier alpha value is -1.70. The number of ether oxygens (including phenoxy) is 4. The van der Waals surface area contributed by atoms with Gasteiger partial charge in [-0.1, -0.05) is 12.1 Å². The lowest BCUT2D eigenvalue weighted by atomic mass is 9.96. The molecule has 1 fully saturated rings. The Morgan fingerprint density at radius 2 is 1.96 bits per heavy atom. The molecule has 1 heterocycles. The molecule has 0 saturated carbocycles. The van der Waals surface area contributed by atoms with Crippen LogP contribution < -0.4 is 9.47 Å². The van der Waals surface area contributed by atoms with Crippen LogP contribution in [0.3, 0.4) is 0 Å². The first-order valence-electron chi connectivity index (χ1n) is 9.58. The van der Waals surface area contributed by atoms with Crippen molar-refractivity contribution in [3.05, 3.63) is 35.5 Å². The van der Waals surface area contributed by atoms with E-state index >= 15 is 0 Å². The molecule has 3 rings (SSSR count). The van der Waals surface area contributed by atoms with E-state index in [1.165, 1.54) is 0 Å². The molecule has 0 bridgehead atoms. The molecule has 7 heteroatoms. The fourth-order valence-electron chi connectivity index (χ4n) is 3.71. The zero-order valence-electron chi connectivity index (χ0n) is 16.9. The molecule has 1 spiro atoms. The summed E-state index contributed by atoms with van der Waals surface area (Å²) in [5.74, 6) is 1.56. The van der Waals surface area contributed by atoms with Gasteiger partial charge in [0.1, 0.15) is 0 Å². The summed E-state index contributed by atoms with van der Waals surface area (Å²) in [4.78, 5) is 14.7. The first-order valence-corrected chi connectivity index (χ1v) is 11.0. The lowest BCUT2D eigenvalue weighted by Crippen LogP contribution is -2.38. The Kier molecular flexibility index (Phi) is 7.26. The number of rotatable bonds is 8. The first kappa shape index (κ1) is 21.0. The van der Waals surface area contributed by atoms with Crippen LogP contribution in [0.4, 0.5) is 0 Å². The summed E-state index contributed by atoms with van der Waals surface area (Å²) in [6.07, 6.45) is 7.08. The van der Waals surface area contributed by atoms with Crippen LogP contribution in [0.15, 0.2) is 30.0 Å². The summed E-state index contributed by atoms with van der Waals surface area (Å²) in [6.45, 7) is 1.94. The third-order valence-corrected chi connectivity index (χ3v) is 5.75. The Morgan fingerprint density at radius 3 is 2.57 bits per heavy atom. The predicted molar refractivity (Wildman–Crippen MR) is 110 cm³/mol. The minimum absolute atomic E-state index is 0.142. The smallest absolute Gasteiger partial charge is 0.236 e.